The van der Waals surface area contributed by atoms with Crippen LogP contribution in [0.1, 0.15) is 11.1 Å². The van der Waals surface area contributed by atoms with Gasteiger partial charge in [-0.15, -0.1) is 0 Å². The third-order valence-electron chi connectivity index (χ3n) is 3.28. The van der Waals surface area contributed by atoms with E-state index in [1.807, 2.05) is 42.5 Å². The fourth-order valence-corrected chi connectivity index (χ4v) is 3.02. The van der Waals surface area contributed by atoms with Crippen molar-refractivity contribution >= 4 is 10.0 Å². The molecular formula is C18H14N2O2S. The summed E-state index contributed by atoms with van der Waals surface area (Å²) in [5, 5.41) is 5.35. The molecule has 0 bridgehead atoms. The Balaban J connectivity index is 2.21. The molecule has 2 N–H and O–H groups in total. The van der Waals surface area contributed by atoms with Gasteiger partial charge in [0.2, 0.25) is 10.0 Å². The molecule has 0 fully saturated rings. The second kappa shape index (κ2) is 6.13. The lowest BCUT2D eigenvalue weighted by Gasteiger charge is -2.11. The summed E-state index contributed by atoms with van der Waals surface area (Å²) in [5.41, 5.74) is 1.91. The molecule has 2 aromatic carbocycles. The molecule has 4 nitrogen and oxygen atoms in total. The maximum Gasteiger partial charge on any atom is 0.240 e. The molecule has 0 amide bonds. The van der Waals surface area contributed by atoms with E-state index in [2.05, 4.69) is 11.8 Å². The molecule has 0 spiro atoms. The van der Waals surface area contributed by atoms with Gasteiger partial charge in [-0.25, -0.2) is 13.6 Å². The first-order valence-corrected chi connectivity index (χ1v) is 8.46. The first kappa shape index (κ1) is 15.1. The topological polar surface area (TPSA) is 65.1 Å². The third kappa shape index (κ3) is 3.34. The number of aromatic nitrogens is 1. The highest BCUT2D eigenvalue weighted by Crippen LogP contribution is 2.23. The van der Waals surface area contributed by atoms with Crippen LogP contribution in [0.4, 0.5) is 0 Å². The van der Waals surface area contributed by atoms with Crippen molar-refractivity contribution in [2.75, 3.05) is 0 Å². The van der Waals surface area contributed by atoms with E-state index in [1.54, 1.807) is 29.1 Å². The summed E-state index contributed by atoms with van der Waals surface area (Å²) < 4.78 is 25.5. The van der Waals surface area contributed by atoms with E-state index in [4.69, 9.17) is 5.14 Å². The van der Waals surface area contributed by atoms with E-state index in [9.17, 15) is 8.42 Å². The number of primary sulfonamides is 1. The normalized spacial score (nSPS) is 10.8. The van der Waals surface area contributed by atoms with Gasteiger partial charge in [-0.05, 0) is 36.4 Å². The van der Waals surface area contributed by atoms with Crippen LogP contribution in [0.15, 0.2) is 78.0 Å². The van der Waals surface area contributed by atoms with Crippen molar-refractivity contribution in [3.05, 3.63) is 84.2 Å². The van der Waals surface area contributed by atoms with Crippen molar-refractivity contribution in [3.63, 3.8) is 0 Å². The highest BCUT2D eigenvalue weighted by atomic mass is 32.2. The predicted molar refractivity (Wildman–Crippen MR) is 89.6 cm³/mol. The van der Waals surface area contributed by atoms with Gasteiger partial charge in [0.05, 0.1) is 11.3 Å². The quantitative estimate of drug-likeness (QED) is 0.737. The molecule has 3 aromatic rings. The van der Waals surface area contributed by atoms with Crippen molar-refractivity contribution < 1.29 is 8.42 Å². The van der Waals surface area contributed by atoms with Gasteiger partial charge < -0.3 is 4.57 Å². The van der Waals surface area contributed by atoms with Crippen LogP contribution in [-0.2, 0) is 10.0 Å². The van der Waals surface area contributed by atoms with E-state index in [0.29, 0.717) is 11.3 Å². The molecule has 1 heterocycles. The lowest BCUT2D eigenvalue weighted by atomic mass is 10.1. The first-order valence-electron chi connectivity index (χ1n) is 6.92. The van der Waals surface area contributed by atoms with Crippen molar-refractivity contribution in [3.8, 4) is 17.5 Å². The zero-order chi connectivity index (χ0) is 16.3. The number of benzene rings is 2. The molecule has 0 radical (unpaired) electrons. The van der Waals surface area contributed by atoms with Crippen LogP contribution < -0.4 is 5.14 Å². The SMILES string of the molecule is NS(=O)(=O)c1cccc(C#Cc2ccccc2)c1-n1cccc1. The van der Waals surface area contributed by atoms with Crippen molar-refractivity contribution in [1.29, 1.82) is 0 Å². The van der Waals surface area contributed by atoms with E-state index < -0.39 is 10.0 Å². The lowest BCUT2D eigenvalue weighted by Crippen LogP contribution is -2.15. The number of nitrogens with zero attached hydrogens (tertiary/aromatic N) is 1. The Morgan fingerprint density at radius 3 is 2.17 bits per heavy atom. The van der Waals surface area contributed by atoms with Crippen molar-refractivity contribution in [1.82, 2.24) is 4.57 Å². The van der Waals surface area contributed by atoms with Gasteiger partial charge in [-0.1, -0.05) is 36.1 Å². The van der Waals surface area contributed by atoms with Gasteiger partial charge in [0.1, 0.15) is 4.90 Å². The van der Waals surface area contributed by atoms with E-state index in [0.717, 1.165) is 5.56 Å². The third-order valence-corrected chi connectivity index (χ3v) is 4.23. The van der Waals surface area contributed by atoms with Gasteiger partial charge in [0.25, 0.3) is 0 Å². The zero-order valence-corrected chi connectivity index (χ0v) is 13.0. The van der Waals surface area contributed by atoms with Crippen LogP contribution >= 0.6 is 0 Å². The number of para-hydroxylation sites is 1. The van der Waals surface area contributed by atoms with Gasteiger partial charge in [-0.3, -0.25) is 0 Å². The zero-order valence-electron chi connectivity index (χ0n) is 12.2. The van der Waals surface area contributed by atoms with Crippen molar-refractivity contribution in [2.45, 2.75) is 4.90 Å². The summed E-state index contributed by atoms with van der Waals surface area (Å²) in [4.78, 5) is 0.0496. The van der Waals surface area contributed by atoms with Gasteiger partial charge in [0.15, 0.2) is 0 Å². The fraction of sp³-hybridized carbons (Fsp3) is 0. The summed E-state index contributed by atoms with van der Waals surface area (Å²) >= 11 is 0. The Morgan fingerprint density at radius 2 is 1.52 bits per heavy atom. The number of sulfonamides is 1. The molecule has 0 saturated carbocycles. The van der Waals surface area contributed by atoms with Crippen LogP contribution in [-0.4, -0.2) is 13.0 Å². The lowest BCUT2D eigenvalue weighted by molar-refractivity contribution is 0.597. The number of rotatable bonds is 2. The van der Waals surface area contributed by atoms with Crippen LogP contribution in [0.5, 0.6) is 0 Å². The largest absolute Gasteiger partial charge is 0.322 e. The second-order valence-corrected chi connectivity index (χ2v) is 6.43. The van der Waals surface area contributed by atoms with E-state index in [1.165, 1.54) is 6.07 Å². The fourth-order valence-electron chi connectivity index (χ4n) is 2.26. The Labute approximate surface area is 135 Å². The molecule has 0 aliphatic rings. The molecule has 114 valence electrons. The number of nitrogens with two attached hydrogens (primary N) is 1. The van der Waals surface area contributed by atoms with Crippen LogP contribution in [0.2, 0.25) is 0 Å². The highest BCUT2D eigenvalue weighted by molar-refractivity contribution is 7.89. The second-order valence-electron chi connectivity index (χ2n) is 4.90. The summed E-state index contributed by atoms with van der Waals surface area (Å²) in [6, 6.07) is 18.0. The van der Waals surface area contributed by atoms with Crippen LogP contribution in [0, 0.1) is 11.8 Å². The van der Waals surface area contributed by atoms with E-state index >= 15 is 0 Å². The van der Waals surface area contributed by atoms with Gasteiger partial charge in [0, 0.05) is 18.0 Å². The average Bonchev–Trinajstić information content (AvgIpc) is 3.07. The molecule has 23 heavy (non-hydrogen) atoms. The monoisotopic (exact) mass is 322 g/mol. The molecule has 0 unspecified atom stereocenters. The minimum absolute atomic E-state index is 0.0496. The maximum absolute atomic E-state index is 11.9. The molecular weight excluding hydrogens is 308 g/mol. The molecule has 0 aliphatic heterocycles. The Hall–Kier alpha value is -2.81. The number of hydrogen-bond donors (Lipinski definition) is 1. The average molecular weight is 322 g/mol. The Bertz CT molecular complexity index is 981. The molecule has 0 atom stereocenters. The summed E-state index contributed by atoms with van der Waals surface area (Å²) in [6.07, 6.45) is 3.52. The Morgan fingerprint density at radius 1 is 0.826 bits per heavy atom. The molecule has 1 aromatic heterocycles. The Kier molecular flexibility index (Phi) is 4.02. The summed E-state index contributed by atoms with van der Waals surface area (Å²) in [6.45, 7) is 0. The highest BCUT2D eigenvalue weighted by Gasteiger charge is 2.17. The van der Waals surface area contributed by atoms with Gasteiger partial charge >= 0.3 is 0 Å². The van der Waals surface area contributed by atoms with Crippen LogP contribution in [0.25, 0.3) is 5.69 Å². The standard InChI is InChI=1S/C18H14N2O2S/c19-23(21,22)17-10-6-9-16(18(17)20-13-4-5-14-20)12-11-15-7-2-1-3-8-15/h1-10,13-14H,(H2,19,21,22). The molecule has 0 aliphatic carbocycles. The van der Waals surface area contributed by atoms with E-state index in [-0.39, 0.29) is 4.90 Å². The summed E-state index contributed by atoms with van der Waals surface area (Å²) in [7, 11) is -3.85. The summed E-state index contributed by atoms with van der Waals surface area (Å²) in [5.74, 6) is 6.08. The molecule has 0 saturated heterocycles. The minimum Gasteiger partial charge on any atom is -0.322 e. The molecule has 5 heteroatoms. The first-order chi connectivity index (χ1) is 11.1. The van der Waals surface area contributed by atoms with Crippen LogP contribution in [0.3, 0.4) is 0 Å². The maximum atomic E-state index is 11.9. The molecule has 3 rings (SSSR count). The number of hydrogen-bond acceptors (Lipinski definition) is 2. The smallest absolute Gasteiger partial charge is 0.240 e. The minimum atomic E-state index is -3.85. The van der Waals surface area contributed by atoms with Gasteiger partial charge in [-0.2, -0.15) is 0 Å². The van der Waals surface area contributed by atoms with Crippen molar-refractivity contribution in [2.24, 2.45) is 5.14 Å². The predicted octanol–water partition coefficient (Wildman–Crippen LogP) is 2.52.